The van der Waals surface area contributed by atoms with E-state index in [0.717, 1.165) is 10.8 Å². The molecule has 1 N–H and O–H groups in total. The zero-order chi connectivity index (χ0) is 12.3. The Morgan fingerprint density at radius 3 is 3.12 bits per heavy atom. The Kier molecular flexibility index (Phi) is 3.56. The molecule has 0 unspecified atom stereocenters. The van der Waals surface area contributed by atoms with E-state index in [4.69, 9.17) is 16.3 Å². The Labute approximate surface area is 104 Å². The second-order valence-electron chi connectivity index (χ2n) is 3.53. The molecule has 0 saturated heterocycles. The summed E-state index contributed by atoms with van der Waals surface area (Å²) in [5, 5.41) is 5.08. The van der Waals surface area contributed by atoms with Crippen LogP contribution in [0.25, 0.3) is 10.8 Å². The molecule has 5 heteroatoms. The number of anilines is 1. The highest BCUT2D eigenvalue weighted by molar-refractivity contribution is 6.32. The third-order valence-corrected chi connectivity index (χ3v) is 2.49. The highest BCUT2D eigenvalue weighted by atomic mass is 35.5. The summed E-state index contributed by atoms with van der Waals surface area (Å²) in [6, 6.07) is 5.33. The summed E-state index contributed by atoms with van der Waals surface area (Å²) in [7, 11) is 1.47. The van der Waals surface area contributed by atoms with E-state index in [1.54, 1.807) is 24.5 Å². The van der Waals surface area contributed by atoms with Crippen molar-refractivity contribution in [1.29, 1.82) is 0 Å². The maximum Gasteiger partial charge on any atom is 0.250 e. The molecule has 1 heterocycles. The minimum Gasteiger partial charge on any atom is -0.375 e. The Morgan fingerprint density at radius 1 is 1.53 bits per heavy atom. The van der Waals surface area contributed by atoms with Gasteiger partial charge in [-0.2, -0.15) is 0 Å². The van der Waals surface area contributed by atoms with Gasteiger partial charge in [-0.05, 0) is 18.2 Å². The number of rotatable bonds is 3. The monoisotopic (exact) mass is 250 g/mol. The quantitative estimate of drug-likeness (QED) is 0.911. The molecule has 0 fully saturated rings. The van der Waals surface area contributed by atoms with Gasteiger partial charge in [0.25, 0.3) is 0 Å². The van der Waals surface area contributed by atoms with Crippen LogP contribution in [0.4, 0.5) is 5.69 Å². The lowest BCUT2D eigenvalue weighted by Crippen LogP contribution is -2.17. The first-order valence-corrected chi connectivity index (χ1v) is 5.40. The van der Waals surface area contributed by atoms with Crippen molar-refractivity contribution in [1.82, 2.24) is 4.98 Å². The van der Waals surface area contributed by atoms with Crippen molar-refractivity contribution in [2.75, 3.05) is 19.0 Å². The van der Waals surface area contributed by atoms with Crippen molar-refractivity contribution in [3.63, 3.8) is 0 Å². The van der Waals surface area contributed by atoms with Gasteiger partial charge in [0.1, 0.15) is 6.61 Å². The van der Waals surface area contributed by atoms with Crippen LogP contribution in [0, 0.1) is 0 Å². The number of ether oxygens (including phenoxy) is 1. The number of aromatic nitrogens is 1. The van der Waals surface area contributed by atoms with E-state index in [-0.39, 0.29) is 12.5 Å². The highest BCUT2D eigenvalue weighted by Crippen LogP contribution is 2.27. The first-order valence-electron chi connectivity index (χ1n) is 5.03. The van der Waals surface area contributed by atoms with E-state index in [1.165, 1.54) is 7.11 Å². The van der Waals surface area contributed by atoms with Crippen LogP contribution in [0.1, 0.15) is 0 Å². The number of carbonyl (C=O) groups is 1. The van der Waals surface area contributed by atoms with Crippen molar-refractivity contribution in [3.05, 3.63) is 35.6 Å². The summed E-state index contributed by atoms with van der Waals surface area (Å²) < 4.78 is 4.76. The number of benzene rings is 1. The fraction of sp³-hybridized carbons (Fsp3) is 0.167. The number of carbonyl (C=O) groups excluding carboxylic acids is 1. The Morgan fingerprint density at radius 2 is 2.35 bits per heavy atom. The molecule has 1 amide bonds. The summed E-state index contributed by atoms with van der Waals surface area (Å²) in [6.07, 6.45) is 3.37. The number of nitrogens with one attached hydrogen (secondary N) is 1. The third-order valence-electron chi connectivity index (χ3n) is 2.27. The number of pyridine rings is 1. The summed E-state index contributed by atoms with van der Waals surface area (Å²) >= 11 is 5.97. The van der Waals surface area contributed by atoms with Gasteiger partial charge in [-0.3, -0.25) is 9.78 Å². The van der Waals surface area contributed by atoms with E-state index in [2.05, 4.69) is 10.3 Å². The molecule has 88 valence electrons. The standard InChI is InChI=1S/C12H11ClN2O2/c1-17-7-12(16)15-11-5-9(13)4-8-6-14-3-2-10(8)11/h2-6H,7H2,1H3,(H,15,16). The topological polar surface area (TPSA) is 51.2 Å². The van der Waals surface area contributed by atoms with Gasteiger partial charge in [-0.25, -0.2) is 0 Å². The fourth-order valence-corrected chi connectivity index (χ4v) is 1.82. The van der Waals surface area contributed by atoms with Crippen molar-refractivity contribution < 1.29 is 9.53 Å². The van der Waals surface area contributed by atoms with Crippen LogP contribution in [0.2, 0.25) is 5.02 Å². The number of halogens is 1. The first-order chi connectivity index (χ1) is 8.20. The molecule has 4 nitrogen and oxygen atoms in total. The van der Waals surface area contributed by atoms with Crippen molar-refractivity contribution in [2.45, 2.75) is 0 Å². The Balaban J connectivity index is 2.42. The van der Waals surface area contributed by atoms with Crippen LogP contribution in [0.15, 0.2) is 30.6 Å². The molecule has 0 aliphatic rings. The van der Waals surface area contributed by atoms with E-state index in [9.17, 15) is 4.79 Å². The molecule has 0 saturated carbocycles. The SMILES string of the molecule is COCC(=O)Nc1cc(Cl)cc2cnccc12. The summed E-state index contributed by atoms with van der Waals surface area (Å²) in [4.78, 5) is 15.5. The molecular weight excluding hydrogens is 240 g/mol. The largest absolute Gasteiger partial charge is 0.375 e. The maximum absolute atomic E-state index is 11.5. The third kappa shape index (κ3) is 2.72. The zero-order valence-electron chi connectivity index (χ0n) is 9.24. The van der Waals surface area contributed by atoms with Crippen LogP contribution in [0.3, 0.4) is 0 Å². The molecule has 0 bridgehead atoms. The lowest BCUT2D eigenvalue weighted by Gasteiger charge is -2.08. The molecule has 2 rings (SSSR count). The van der Waals surface area contributed by atoms with Gasteiger partial charge >= 0.3 is 0 Å². The average Bonchev–Trinajstić information content (AvgIpc) is 2.29. The summed E-state index contributed by atoms with van der Waals surface area (Å²) in [6.45, 7) is 0.0130. The minimum atomic E-state index is -0.215. The van der Waals surface area contributed by atoms with E-state index in [0.29, 0.717) is 10.7 Å². The van der Waals surface area contributed by atoms with Gasteiger partial charge in [0, 0.05) is 35.3 Å². The first kappa shape index (κ1) is 11.8. The predicted octanol–water partition coefficient (Wildman–Crippen LogP) is 2.47. The van der Waals surface area contributed by atoms with Crippen molar-refractivity contribution >= 4 is 34.0 Å². The smallest absolute Gasteiger partial charge is 0.250 e. The number of fused-ring (bicyclic) bond motifs is 1. The second-order valence-corrected chi connectivity index (χ2v) is 3.97. The molecule has 17 heavy (non-hydrogen) atoms. The van der Waals surface area contributed by atoms with Gasteiger partial charge in [0.05, 0.1) is 5.69 Å². The molecule has 0 spiro atoms. The number of hydrogen-bond acceptors (Lipinski definition) is 3. The lowest BCUT2D eigenvalue weighted by atomic mass is 10.1. The molecule has 0 aliphatic carbocycles. The molecule has 1 aromatic heterocycles. The fourth-order valence-electron chi connectivity index (χ4n) is 1.59. The predicted molar refractivity (Wildman–Crippen MR) is 67.3 cm³/mol. The number of hydrogen-bond donors (Lipinski definition) is 1. The minimum absolute atomic E-state index is 0.0130. The normalized spacial score (nSPS) is 10.5. The van der Waals surface area contributed by atoms with Crippen molar-refractivity contribution in [2.24, 2.45) is 0 Å². The highest BCUT2D eigenvalue weighted by Gasteiger charge is 2.07. The van der Waals surface area contributed by atoms with Gasteiger partial charge < -0.3 is 10.1 Å². The zero-order valence-corrected chi connectivity index (χ0v) is 9.99. The summed E-state index contributed by atoms with van der Waals surface area (Å²) in [5.41, 5.74) is 0.664. The molecule has 2 aromatic rings. The molecule has 0 atom stereocenters. The van der Waals surface area contributed by atoms with E-state index < -0.39 is 0 Å². The Hall–Kier alpha value is -1.65. The van der Waals surface area contributed by atoms with Crippen LogP contribution < -0.4 is 5.32 Å². The van der Waals surface area contributed by atoms with E-state index in [1.807, 2.05) is 6.07 Å². The molecule has 0 aliphatic heterocycles. The van der Waals surface area contributed by atoms with Crippen LogP contribution in [-0.4, -0.2) is 24.6 Å². The number of methoxy groups -OCH3 is 1. The van der Waals surface area contributed by atoms with Gasteiger partial charge in [-0.15, -0.1) is 0 Å². The molecule has 1 aromatic carbocycles. The van der Waals surface area contributed by atoms with Crippen molar-refractivity contribution in [3.8, 4) is 0 Å². The van der Waals surface area contributed by atoms with E-state index >= 15 is 0 Å². The van der Waals surface area contributed by atoms with Crippen LogP contribution in [-0.2, 0) is 9.53 Å². The molecule has 0 radical (unpaired) electrons. The molecular formula is C12H11ClN2O2. The summed E-state index contributed by atoms with van der Waals surface area (Å²) in [5.74, 6) is -0.215. The van der Waals surface area contributed by atoms with Crippen LogP contribution in [0.5, 0.6) is 0 Å². The van der Waals surface area contributed by atoms with Gasteiger partial charge in [-0.1, -0.05) is 11.6 Å². The number of amides is 1. The van der Waals surface area contributed by atoms with Gasteiger partial charge in [0.15, 0.2) is 0 Å². The second kappa shape index (κ2) is 5.12. The average molecular weight is 251 g/mol. The van der Waals surface area contributed by atoms with Gasteiger partial charge in [0.2, 0.25) is 5.91 Å². The van der Waals surface area contributed by atoms with Crippen LogP contribution >= 0.6 is 11.6 Å². The Bertz CT molecular complexity index is 557. The number of nitrogens with zero attached hydrogens (tertiary/aromatic N) is 1. The lowest BCUT2D eigenvalue weighted by molar-refractivity contribution is -0.119. The maximum atomic E-state index is 11.5.